The molecular weight excluding hydrogens is 577 g/mol. The molecule has 1 unspecified atom stereocenters. The van der Waals surface area contributed by atoms with E-state index >= 15 is 0 Å². The van der Waals surface area contributed by atoms with Crippen LogP contribution in [0.25, 0.3) is 22.2 Å². The van der Waals surface area contributed by atoms with Gasteiger partial charge in [0.05, 0.1) is 28.9 Å². The lowest BCUT2D eigenvalue weighted by molar-refractivity contribution is -0.137. The summed E-state index contributed by atoms with van der Waals surface area (Å²) >= 11 is 0. The third-order valence-electron chi connectivity index (χ3n) is 8.71. The Bertz CT molecular complexity index is 1540. The Kier molecular flexibility index (Phi) is 10.1. The number of aromatic nitrogens is 1. The molecule has 44 heavy (non-hydrogen) atoms. The standard InChI is InChI=1S/C33H39F3N2O6/c1-18(2)21-10-9-19(3)13-20(21)16-44-17-29(41)37-12-11-27(39)30-23-14-24(32(42)43)28(40)15-26(23)38(4)31(30)22-7-5-6-8-25(22)33(34,35)36/h5-8,14-15,18-21,40H,9-13,16-17H2,1-4H3,(H,37,41)(H,42,43)/t19-,20?,21+/m0/s1. The lowest BCUT2D eigenvalue weighted by Gasteiger charge is -2.37. The number of nitrogens with zero attached hydrogens (tertiary/aromatic N) is 1. The largest absolute Gasteiger partial charge is 0.507 e. The highest BCUT2D eigenvalue weighted by atomic mass is 19.4. The number of fused-ring (bicyclic) bond motifs is 1. The fourth-order valence-corrected chi connectivity index (χ4v) is 6.56. The smallest absolute Gasteiger partial charge is 0.417 e. The number of Topliss-reactive ketones (excluding diaryl/α,β-unsaturated/α-hetero) is 1. The van der Waals surface area contributed by atoms with Gasteiger partial charge in [-0.3, -0.25) is 9.59 Å². The number of carboxylic acid groups (broad SMARTS) is 1. The summed E-state index contributed by atoms with van der Waals surface area (Å²) in [7, 11) is 1.44. The summed E-state index contributed by atoms with van der Waals surface area (Å²) in [5.41, 5.74) is -1.76. The van der Waals surface area contributed by atoms with Crippen LogP contribution in [0.3, 0.4) is 0 Å². The number of phenols is 1. The van der Waals surface area contributed by atoms with E-state index in [4.69, 9.17) is 4.74 Å². The SMILES string of the molecule is CC(C)[C@H]1CC[C@H](C)CC1COCC(=O)NCCC(=O)c1c(-c2ccccc2C(F)(F)F)n(C)c2cc(O)c(C(=O)O)cc12. The predicted molar refractivity (Wildman–Crippen MR) is 160 cm³/mol. The first kappa shape index (κ1) is 33.0. The van der Waals surface area contributed by atoms with E-state index in [9.17, 15) is 37.8 Å². The number of ether oxygens (including phenoxy) is 1. The van der Waals surface area contributed by atoms with Gasteiger partial charge >= 0.3 is 12.1 Å². The van der Waals surface area contributed by atoms with E-state index in [1.807, 2.05) is 0 Å². The molecule has 238 valence electrons. The lowest BCUT2D eigenvalue weighted by atomic mass is 9.70. The van der Waals surface area contributed by atoms with Crippen LogP contribution < -0.4 is 5.32 Å². The quantitative estimate of drug-likeness (QED) is 0.207. The molecule has 1 aliphatic rings. The highest BCUT2D eigenvalue weighted by Crippen LogP contribution is 2.42. The number of alkyl halides is 3. The molecule has 1 aromatic heterocycles. The zero-order valence-electron chi connectivity index (χ0n) is 25.3. The van der Waals surface area contributed by atoms with Crippen LogP contribution in [0.1, 0.15) is 72.7 Å². The Hall–Kier alpha value is -3.86. The van der Waals surface area contributed by atoms with Crippen LogP contribution in [-0.2, 0) is 22.8 Å². The molecule has 1 saturated carbocycles. The van der Waals surface area contributed by atoms with Crippen molar-refractivity contribution in [3.8, 4) is 17.0 Å². The summed E-state index contributed by atoms with van der Waals surface area (Å²) in [5, 5.41) is 22.6. The van der Waals surface area contributed by atoms with E-state index in [-0.39, 0.29) is 47.3 Å². The third-order valence-corrected chi connectivity index (χ3v) is 8.71. The molecule has 2 aromatic carbocycles. The van der Waals surface area contributed by atoms with Crippen molar-refractivity contribution in [2.45, 2.75) is 52.6 Å². The van der Waals surface area contributed by atoms with E-state index in [1.165, 1.54) is 36.2 Å². The molecule has 3 N–H and O–H groups in total. The van der Waals surface area contributed by atoms with Crippen molar-refractivity contribution >= 4 is 28.6 Å². The van der Waals surface area contributed by atoms with Crippen molar-refractivity contribution in [1.82, 2.24) is 9.88 Å². The number of ketones is 1. The second kappa shape index (κ2) is 13.4. The van der Waals surface area contributed by atoms with E-state index in [2.05, 4.69) is 26.1 Å². The summed E-state index contributed by atoms with van der Waals surface area (Å²) in [6, 6.07) is 6.99. The van der Waals surface area contributed by atoms with Gasteiger partial charge in [0.25, 0.3) is 0 Å². The van der Waals surface area contributed by atoms with Crippen molar-refractivity contribution in [1.29, 1.82) is 0 Å². The topological polar surface area (TPSA) is 118 Å². The van der Waals surface area contributed by atoms with Crippen LogP contribution in [0.2, 0.25) is 0 Å². The predicted octanol–water partition coefficient (Wildman–Crippen LogP) is 6.68. The average molecular weight is 617 g/mol. The highest BCUT2D eigenvalue weighted by Gasteiger charge is 2.36. The number of nitrogens with one attached hydrogen (secondary N) is 1. The average Bonchev–Trinajstić information content (AvgIpc) is 3.22. The first-order chi connectivity index (χ1) is 20.7. The maximum Gasteiger partial charge on any atom is 0.417 e. The third kappa shape index (κ3) is 7.09. The molecule has 1 heterocycles. The van der Waals surface area contributed by atoms with Crippen molar-refractivity contribution < 1.29 is 42.5 Å². The molecule has 4 rings (SSSR count). The van der Waals surface area contributed by atoms with Crippen LogP contribution in [0.15, 0.2) is 36.4 Å². The second-order valence-electron chi connectivity index (χ2n) is 12.1. The summed E-state index contributed by atoms with van der Waals surface area (Å²) in [5.74, 6) is -1.03. The zero-order chi connectivity index (χ0) is 32.3. The van der Waals surface area contributed by atoms with Gasteiger partial charge in [-0.25, -0.2) is 4.79 Å². The molecule has 1 fully saturated rings. The molecule has 3 aromatic rings. The summed E-state index contributed by atoms with van der Waals surface area (Å²) < 4.78 is 49.1. The molecule has 0 bridgehead atoms. The maximum atomic E-state index is 14.0. The molecule has 0 aliphatic heterocycles. The fraction of sp³-hybridized carbons (Fsp3) is 0.485. The second-order valence-corrected chi connectivity index (χ2v) is 12.1. The molecule has 1 aliphatic carbocycles. The number of carbonyl (C=O) groups excluding carboxylic acids is 2. The monoisotopic (exact) mass is 616 g/mol. The molecular formula is C33H39F3N2O6. The number of aryl methyl sites for hydroxylation is 1. The molecule has 11 heteroatoms. The van der Waals surface area contributed by atoms with Gasteiger partial charge in [0.15, 0.2) is 5.78 Å². The summed E-state index contributed by atoms with van der Waals surface area (Å²) in [6.45, 7) is 6.81. The van der Waals surface area contributed by atoms with Gasteiger partial charge in [-0.05, 0) is 48.6 Å². The molecule has 0 saturated heterocycles. The van der Waals surface area contributed by atoms with Gasteiger partial charge in [-0.2, -0.15) is 13.2 Å². The minimum absolute atomic E-state index is 0.0732. The van der Waals surface area contributed by atoms with E-state index < -0.39 is 40.7 Å². The summed E-state index contributed by atoms with van der Waals surface area (Å²) in [4.78, 5) is 37.9. The van der Waals surface area contributed by atoms with Crippen LogP contribution in [0, 0.1) is 23.7 Å². The van der Waals surface area contributed by atoms with Crippen molar-refractivity contribution in [2.24, 2.45) is 30.7 Å². The Morgan fingerprint density at radius 3 is 2.50 bits per heavy atom. The molecule has 0 radical (unpaired) electrons. The van der Waals surface area contributed by atoms with E-state index in [1.54, 1.807) is 0 Å². The number of hydrogen-bond acceptors (Lipinski definition) is 5. The number of amides is 1. The number of aromatic carboxylic acids is 1. The molecule has 8 nitrogen and oxygen atoms in total. The number of carboxylic acids is 1. The van der Waals surface area contributed by atoms with Crippen LogP contribution in [0.5, 0.6) is 5.75 Å². The van der Waals surface area contributed by atoms with Gasteiger partial charge < -0.3 is 24.8 Å². The Morgan fingerprint density at radius 2 is 1.84 bits per heavy atom. The highest BCUT2D eigenvalue weighted by molar-refractivity contribution is 6.15. The van der Waals surface area contributed by atoms with Gasteiger partial charge in [0.1, 0.15) is 17.9 Å². The van der Waals surface area contributed by atoms with Crippen molar-refractivity contribution in [2.75, 3.05) is 19.8 Å². The van der Waals surface area contributed by atoms with Crippen LogP contribution in [-0.4, -0.2) is 52.2 Å². The van der Waals surface area contributed by atoms with Crippen molar-refractivity contribution in [3.63, 3.8) is 0 Å². The number of benzene rings is 2. The number of rotatable bonds is 11. The normalized spacial score (nSPS) is 19.0. The molecule has 0 spiro atoms. The molecule has 1 amide bonds. The Morgan fingerprint density at radius 1 is 1.14 bits per heavy atom. The van der Waals surface area contributed by atoms with Crippen LogP contribution >= 0.6 is 0 Å². The van der Waals surface area contributed by atoms with Crippen molar-refractivity contribution in [3.05, 3.63) is 53.1 Å². The lowest BCUT2D eigenvalue weighted by Crippen LogP contribution is -2.34. The zero-order valence-corrected chi connectivity index (χ0v) is 25.3. The van der Waals surface area contributed by atoms with Gasteiger partial charge in [0, 0.05) is 37.0 Å². The van der Waals surface area contributed by atoms with Crippen LogP contribution in [0.4, 0.5) is 13.2 Å². The number of aromatic hydroxyl groups is 1. The van der Waals surface area contributed by atoms with Gasteiger partial charge in [-0.1, -0.05) is 45.4 Å². The maximum absolute atomic E-state index is 14.0. The minimum Gasteiger partial charge on any atom is -0.507 e. The van der Waals surface area contributed by atoms with E-state index in [0.29, 0.717) is 30.3 Å². The Labute approximate surface area is 254 Å². The number of halogens is 3. The van der Waals surface area contributed by atoms with Gasteiger partial charge in [0.2, 0.25) is 5.91 Å². The number of carbonyl (C=O) groups is 3. The first-order valence-corrected chi connectivity index (χ1v) is 14.8. The minimum atomic E-state index is -4.74. The first-order valence-electron chi connectivity index (χ1n) is 14.8. The van der Waals surface area contributed by atoms with Gasteiger partial charge in [-0.15, -0.1) is 0 Å². The number of hydrogen-bond donors (Lipinski definition) is 3. The molecule has 3 atom stereocenters. The van der Waals surface area contributed by atoms with E-state index in [0.717, 1.165) is 31.0 Å². The summed E-state index contributed by atoms with van der Waals surface area (Å²) in [6.07, 6.45) is -1.62. The fourth-order valence-electron chi connectivity index (χ4n) is 6.56. The Balaban J connectivity index is 1.54.